The summed E-state index contributed by atoms with van der Waals surface area (Å²) in [4.78, 5) is 25.2. The van der Waals surface area contributed by atoms with E-state index in [4.69, 9.17) is 9.68 Å². The molecule has 7 nitrogen and oxygen atoms in total. The number of benzene rings is 1. The summed E-state index contributed by atoms with van der Waals surface area (Å²) in [5.41, 5.74) is 1.60. The number of rotatable bonds is 6. The molecule has 30 heavy (non-hydrogen) atoms. The zero-order valence-electron chi connectivity index (χ0n) is 16.7. The van der Waals surface area contributed by atoms with Crippen LogP contribution in [0, 0.1) is 11.3 Å². The minimum Gasteiger partial charge on any atom is -0.441 e. The second-order valence-corrected chi connectivity index (χ2v) is 7.22. The molecular formula is C23H23N5O2. The van der Waals surface area contributed by atoms with Gasteiger partial charge in [-0.3, -0.25) is 4.79 Å². The molecule has 0 N–H and O–H groups in total. The second-order valence-electron chi connectivity index (χ2n) is 7.22. The Hall–Kier alpha value is -3.66. The Morgan fingerprint density at radius 3 is 2.67 bits per heavy atom. The van der Waals surface area contributed by atoms with Gasteiger partial charge in [0.15, 0.2) is 11.7 Å². The van der Waals surface area contributed by atoms with E-state index in [-0.39, 0.29) is 5.91 Å². The lowest BCUT2D eigenvalue weighted by Crippen LogP contribution is -2.49. The third-order valence-electron chi connectivity index (χ3n) is 5.22. The molecule has 1 aromatic carbocycles. The van der Waals surface area contributed by atoms with Crippen molar-refractivity contribution in [3.8, 4) is 17.4 Å². The summed E-state index contributed by atoms with van der Waals surface area (Å²) >= 11 is 0. The van der Waals surface area contributed by atoms with Crippen molar-refractivity contribution >= 4 is 11.7 Å². The minimum absolute atomic E-state index is 0.156. The first kappa shape index (κ1) is 19.6. The number of anilines is 1. The van der Waals surface area contributed by atoms with E-state index < -0.39 is 0 Å². The van der Waals surface area contributed by atoms with E-state index >= 15 is 0 Å². The first-order valence-electron chi connectivity index (χ1n) is 10.1. The van der Waals surface area contributed by atoms with Crippen LogP contribution in [0.5, 0.6) is 0 Å². The second kappa shape index (κ2) is 9.23. The molecule has 0 aliphatic carbocycles. The number of carbonyl (C=O) groups excluding carboxylic acids is 1. The highest BCUT2D eigenvalue weighted by Gasteiger charge is 2.22. The highest BCUT2D eigenvalue weighted by atomic mass is 16.4. The van der Waals surface area contributed by atoms with Gasteiger partial charge >= 0.3 is 0 Å². The Morgan fingerprint density at radius 2 is 1.90 bits per heavy atom. The number of hydrogen-bond donors (Lipinski definition) is 0. The number of hydrogen-bond acceptors (Lipinski definition) is 6. The standard InChI is InChI=1S/C23H23N5O2/c24-16-18-9-10-25-21(15-18)27-11-13-28(14-12-27)23(29)8-4-7-22-26-17-20(30-22)19-5-2-1-3-6-19/h1-3,5-6,9-10,15,17H,4,7-8,11-14H2. The average molecular weight is 401 g/mol. The third-order valence-corrected chi connectivity index (χ3v) is 5.22. The number of piperazine rings is 1. The van der Waals surface area contributed by atoms with Gasteiger partial charge in [-0.1, -0.05) is 30.3 Å². The third kappa shape index (κ3) is 4.66. The van der Waals surface area contributed by atoms with Gasteiger partial charge in [0.05, 0.1) is 17.8 Å². The maximum absolute atomic E-state index is 12.6. The van der Waals surface area contributed by atoms with Crippen LogP contribution in [0.1, 0.15) is 24.3 Å². The number of nitrogens with zero attached hydrogens (tertiary/aromatic N) is 5. The zero-order valence-corrected chi connectivity index (χ0v) is 16.7. The fraction of sp³-hybridized carbons (Fsp3) is 0.304. The molecule has 1 fully saturated rings. The number of nitriles is 1. The number of pyridine rings is 1. The summed E-state index contributed by atoms with van der Waals surface area (Å²) in [5.74, 6) is 2.36. The molecule has 1 amide bonds. The normalized spacial score (nSPS) is 13.8. The Kier molecular flexibility index (Phi) is 6.04. The maximum Gasteiger partial charge on any atom is 0.222 e. The van der Waals surface area contributed by atoms with E-state index in [0.29, 0.717) is 56.9 Å². The van der Waals surface area contributed by atoms with Crippen molar-refractivity contribution in [3.63, 3.8) is 0 Å². The van der Waals surface area contributed by atoms with Crippen molar-refractivity contribution in [2.45, 2.75) is 19.3 Å². The Bertz CT molecular complexity index is 1030. The smallest absolute Gasteiger partial charge is 0.222 e. The van der Waals surface area contributed by atoms with Gasteiger partial charge in [-0.2, -0.15) is 5.26 Å². The van der Waals surface area contributed by atoms with Crippen molar-refractivity contribution in [2.75, 3.05) is 31.1 Å². The predicted octanol–water partition coefficient (Wildman–Crippen LogP) is 3.28. The molecular weight excluding hydrogens is 378 g/mol. The number of aryl methyl sites for hydroxylation is 1. The summed E-state index contributed by atoms with van der Waals surface area (Å²) in [5, 5.41) is 9.04. The van der Waals surface area contributed by atoms with Crippen molar-refractivity contribution in [1.29, 1.82) is 5.26 Å². The number of amides is 1. The van der Waals surface area contributed by atoms with Crippen molar-refractivity contribution < 1.29 is 9.21 Å². The van der Waals surface area contributed by atoms with Gasteiger partial charge in [-0.15, -0.1) is 0 Å². The number of aromatic nitrogens is 2. The van der Waals surface area contributed by atoms with Crippen LogP contribution in [0.15, 0.2) is 59.3 Å². The molecule has 0 unspecified atom stereocenters. The van der Waals surface area contributed by atoms with E-state index in [1.54, 1.807) is 24.5 Å². The van der Waals surface area contributed by atoms with E-state index in [1.165, 1.54) is 0 Å². The van der Waals surface area contributed by atoms with Gasteiger partial charge in [0.1, 0.15) is 5.82 Å². The van der Waals surface area contributed by atoms with E-state index in [0.717, 1.165) is 17.1 Å². The quantitative estimate of drug-likeness (QED) is 0.630. The number of carbonyl (C=O) groups is 1. The molecule has 0 atom stereocenters. The van der Waals surface area contributed by atoms with E-state index in [1.807, 2.05) is 35.2 Å². The predicted molar refractivity (Wildman–Crippen MR) is 113 cm³/mol. The SMILES string of the molecule is N#Cc1ccnc(N2CCN(C(=O)CCCc3ncc(-c4ccccc4)o3)CC2)c1. The summed E-state index contributed by atoms with van der Waals surface area (Å²) in [6.07, 6.45) is 5.21. The fourth-order valence-corrected chi connectivity index (χ4v) is 3.56. The van der Waals surface area contributed by atoms with Crippen LogP contribution in [-0.4, -0.2) is 47.0 Å². The first-order chi connectivity index (χ1) is 14.7. The van der Waals surface area contributed by atoms with Gasteiger partial charge in [-0.25, -0.2) is 9.97 Å². The average Bonchev–Trinajstić information content (AvgIpc) is 3.29. The molecule has 3 aromatic rings. The molecule has 0 radical (unpaired) electrons. The molecule has 1 aliphatic rings. The summed E-state index contributed by atoms with van der Waals surface area (Å²) in [7, 11) is 0. The largest absolute Gasteiger partial charge is 0.441 e. The van der Waals surface area contributed by atoms with E-state index in [9.17, 15) is 4.79 Å². The summed E-state index contributed by atoms with van der Waals surface area (Å²) in [6, 6.07) is 15.5. The van der Waals surface area contributed by atoms with Crippen LogP contribution in [-0.2, 0) is 11.2 Å². The van der Waals surface area contributed by atoms with Gasteiger partial charge < -0.3 is 14.2 Å². The van der Waals surface area contributed by atoms with Crippen LogP contribution < -0.4 is 4.90 Å². The Labute approximate surface area is 175 Å². The molecule has 3 heterocycles. The van der Waals surface area contributed by atoms with Gasteiger partial charge in [-0.05, 0) is 18.6 Å². The highest BCUT2D eigenvalue weighted by Crippen LogP contribution is 2.21. The molecule has 0 saturated carbocycles. The lowest BCUT2D eigenvalue weighted by atomic mass is 10.2. The van der Waals surface area contributed by atoms with Crippen LogP contribution in [0.2, 0.25) is 0 Å². The summed E-state index contributed by atoms with van der Waals surface area (Å²) in [6.45, 7) is 2.75. The number of oxazole rings is 1. The molecule has 152 valence electrons. The summed E-state index contributed by atoms with van der Waals surface area (Å²) < 4.78 is 5.81. The van der Waals surface area contributed by atoms with Crippen LogP contribution >= 0.6 is 0 Å². The van der Waals surface area contributed by atoms with Crippen LogP contribution in [0.25, 0.3) is 11.3 Å². The molecule has 2 aromatic heterocycles. The molecule has 4 rings (SSSR count). The maximum atomic E-state index is 12.6. The Morgan fingerprint density at radius 1 is 1.10 bits per heavy atom. The minimum atomic E-state index is 0.156. The van der Waals surface area contributed by atoms with Gasteiger partial charge in [0, 0.05) is 50.8 Å². The monoisotopic (exact) mass is 401 g/mol. The first-order valence-corrected chi connectivity index (χ1v) is 10.1. The lowest BCUT2D eigenvalue weighted by molar-refractivity contribution is -0.131. The molecule has 0 spiro atoms. The topological polar surface area (TPSA) is 86.3 Å². The molecule has 1 aliphatic heterocycles. The Balaban J connectivity index is 1.23. The van der Waals surface area contributed by atoms with Crippen molar-refractivity contribution in [3.05, 3.63) is 66.3 Å². The zero-order chi connectivity index (χ0) is 20.8. The lowest BCUT2D eigenvalue weighted by Gasteiger charge is -2.35. The molecule has 7 heteroatoms. The molecule has 1 saturated heterocycles. The highest BCUT2D eigenvalue weighted by molar-refractivity contribution is 5.76. The van der Waals surface area contributed by atoms with Crippen molar-refractivity contribution in [1.82, 2.24) is 14.9 Å². The van der Waals surface area contributed by atoms with E-state index in [2.05, 4.69) is 20.9 Å². The van der Waals surface area contributed by atoms with Gasteiger partial charge in [0.2, 0.25) is 5.91 Å². The van der Waals surface area contributed by atoms with Gasteiger partial charge in [0.25, 0.3) is 0 Å². The van der Waals surface area contributed by atoms with Crippen molar-refractivity contribution in [2.24, 2.45) is 0 Å². The fourth-order valence-electron chi connectivity index (χ4n) is 3.56. The molecule has 0 bridgehead atoms. The van der Waals surface area contributed by atoms with Crippen LogP contribution in [0.4, 0.5) is 5.82 Å². The van der Waals surface area contributed by atoms with Crippen LogP contribution in [0.3, 0.4) is 0 Å².